The van der Waals surface area contributed by atoms with Crippen molar-refractivity contribution in [3.05, 3.63) is 51.1 Å². The van der Waals surface area contributed by atoms with Gasteiger partial charge in [-0.05, 0) is 25.0 Å². The smallest absolute Gasteiger partial charge is 0.0928 e. The Bertz CT molecular complexity index is 763. The van der Waals surface area contributed by atoms with Crippen LogP contribution in [0.3, 0.4) is 0 Å². The summed E-state index contributed by atoms with van der Waals surface area (Å²) in [4.78, 5) is 4.66. The Morgan fingerprint density at radius 2 is 2.24 bits per heavy atom. The molecule has 0 amide bonds. The standard InChI is InChI=1S/C16H17ClN2OS/c1-2-3-16-18-13(10-21-16)8-19-7-11(9-20)14-5-4-12(17)6-15(14)19/h4-7,10,20H,2-3,8-9H2,1H3. The lowest BCUT2D eigenvalue weighted by Crippen LogP contribution is -1.98. The van der Waals surface area contributed by atoms with Crippen molar-refractivity contribution in [2.24, 2.45) is 0 Å². The molecular weight excluding hydrogens is 304 g/mol. The van der Waals surface area contributed by atoms with Crippen LogP contribution >= 0.6 is 22.9 Å². The summed E-state index contributed by atoms with van der Waals surface area (Å²) >= 11 is 7.82. The summed E-state index contributed by atoms with van der Waals surface area (Å²) < 4.78 is 2.11. The molecule has 3 rings (SSSR count). The molecule has 0 radical (unpaired) electrons. The molecule has 0 spiro atoms. The first kappa shape index (κ1) is 14.6. The van der Waals surface area contributed by atoms with Gasteiger partial charge in [-0.3, -0.25) is 0 Å². The number of benzene rings is 1. The fourth-order valence-corrected chi connectivity index (χ4v) is 3.58. The summed E-state index contributed by atoms with van der Waals surface area (Å²) in [6.07, 6.45) is 4.13. The predicted molar refractivity (Wildman–Crippen MR) is 88.1 cm³/mol. The van der Waals surface area contributed by atoms with Crippen LogP contribution < -0.4 is 0 Å². The average Bonchev–Trinajstić information content (AvgIpc) is 3.05. The summed E-state index contributed by atoms with van der Waals surface area (Å²) in [5.41, 5.74) is 3.02. The van der Waals surface area contributed by atoms with Crippen molar-refractivity contribution in [2.45, 2.75) is 32.9 Å². The van der Waals surface area contributed by atoms with Gasteiger partial charge in [-0.2, -0.15) is 0 Å². The molecule has 0 unspecified atom stereocenters. The molecule has 0 saturated heterocycles. The molecular formula is C16H17ClN2OS. The Kier molecular flexibility index (Phi) is 4.29. The number of aryl methyl sites for hydroxylation is 1. The lowest BCUT2D eigenvalue weighted by molar-refractivity contribution is 0.283. The molecule has 1 N–H and O–H groups in total. The molecule has 5 heteroatoms. The van der Waals surface area contributed by atoms with Gasteiger partial charge in [0.05, 0.1) is 29.4 Å². The van der Waals surface area contributed by atoms with Gasteiger partial charge in [0.15, 0.2) is 0 Å². The topological polar surface area (TPSA) is 38.0 Å². The zero-order valence-corrected chi connectivity index (χ0v) is 13.4. The molecule has 2 aromatic heterocycles. The van der Waals surface area contributed by atoms with E-state index in [9.17, 15) is 5.11 Å². The largest absolute Gasteiger partial charge is 0.392 e. The number of aliphatic hydroxyl groups is 1. The molecule has 21 heavy (non-hydrogen) atoms. The second-order valence-corrected chi connectivity index (χ2v) is 6.46. The lowest BCUT2D eigenvalue weighted by Gasteiger charge is -2.03. The van der Waals surface area contributed by atoms with Gasteiger partial charge in [0.2, 0.25) is 0 Å². The second kappa shape index (κ2) is 6.18. The molecule has 3 aromatic rings. The van der Waals surface area contributed by atoms with Crippen LogP contribution in [0.5, 0.6) is 0 Å². The average molecular weight is 321 g/mol. The van der Waals surface area contributed by atoms with E-state index in [1.165, 1.54) is 5.01 Å². The summed E-state index contributed by atoms with van der Waals surface area (Å²) in [6, 6.07) is 5.76. The van der Waals surface area contributed by atoms with Gasteiger partial charge in [0.25, 0.3) is 0 Å². The number of nitrogens with zero attached hydrogens (tertiary/aromatic N) is 2. The number of hydrogen-bond acceptors (Lipinski definition) is 3. The summed E-state index contributed by atoms with van der Waals surface area (Å²) in [5.74, 6) is 0. The van der Waals surface area contributed by atoms with Crippen molar-refractivity contribution >= 4 is 33.8 Å². The number of fused-ring (bicyclic) bond motifs is 1. The van der Waals surface area contributed by atoms with E-state index in [4.69, 9.17) is 11.6 Å². The van der Waals surface area contributed by atoms with Crippen molar-refractivity contribution in [2.75, 3.05) is 0 Å². The number of aliphatic hydroxyl groups excluding tert-OH is 1. The molecule has 0 aliphatic carbocycles. The molecule has 2 heterocycles. The minimum Gasteiger partial charge on any atom is -0.392 e. The van der Waals surface area contributed by atoms with Crippen LogP contribution in [-0.4, -0.2) is 14.7 Å². The maximum absolute atomic E-state index is 9.50. The molecule has 0 fully saturated rings. The Balaban J connectivity index is 1.97. The van der Waals surface area contributed by atoms with E-state index in [2.05, 4.69) is 21.9 Å². The van der Waals surface area contributed by atoms with Gasteiger partial charge in [-0.1, -0.05) is 24.6 Å². The lowest BCUT2D eigenvalue weighted by atomic mass is 10.2. The number of aromatic nitrogens is 2. The van der Waals surface area contributed by atoms with E-state index in [0.29, 0.717) is 11.6 Å². The maximum Gasteiger partial charge on any atom is 0.0928 e. The minimum atomic E-state index is 0.0310. The molecule has 0 saturated carbocycles. The predicted octanol–water partition coefficient (Wildman–Crippen LogP) is 4.24. The highest BCUT2D eigenvalue weighted by Crippen LogP contribution is 2.26. The van der Waals surface area contributed by atoms with Gasteiger partial charge in [0.1, 0.15) is 0 Å². The van der Waals surface area contributed by atoms with Gasteiger partial charge >= 0.3 is 0 Å². The van der Waals surface area contributed by atoms with Crippen molar-refractivity contribution < 1.29 is 5.11 Å². The quantitative estimate of drug-likeness (QED) is 0.763. The third-order valence-electron chi connectivity index (χ3n) is 3.49. The summed E-state index contributed by atoms with van der Waals surface area (Å²) in [5, 5.41) is 14.5. The van der Waals surface area contributed by atoms with Crippen molar-refractivity contribution in [1.29, 1.82) is 0 Å². The van der Waals surface area contributed by atoms with Crippen LogP contribution in [0.15, 0.2) is 29.8 Å². The molecule has 0 atom stereocenters. The third-order valence-corrected chi connectivity index (χ3v) is 4.69. The van der Waals surface area contributed by atoms with E-state index in [1.54, 1.807) is 11.3 Å². The first-order valence-electron chi connectivity index (χ1n) is 7.02. The molecule has 3 nitrogen and oxygen atoms in total. The van der Waals surface area contributed by atoms with Crippen LogP contribution in [0.2, 0.25) is 5.02 Å². The van der Waals surface area contributed by atoms with Crippen molar-refractivity contribution in [3.63, 3.8) is 0 Å². The van der Waals surface area contributed by atoms with Crippen molar-refractivity contribution in [3.8, 4) is 0 Å². The van der Waals surface area contributed by atoms with Crippen LogP contribution in [0.1, 0.15) is 29.6 Å². The Hall–Kier alpha value is -1.36. The van der Waals surface area contributed by atoms with Gasteiger partial charge in [-0.15, -0.1) is 11.3 Å². The van der Waals surface area contributed by atoms with Crippen LogP contribution in [-0.2, 0) is 19.6 Å². The van der Waals surface area contributed by atoms with Crippen LogP contribution in [0.25, 0.3) is 10.9 Å². The minimum absolute atomic E-state index is 0.0310. The number of thiazole rings is 1. The molecule has 0 aliphatic heterocycles. The monoisotopic (exact) mass is 320 g/mol. The Labute approximate surface area is 132 Å². The van der Waals surface area contributed by atoms with E-state index in [1.807, 2.05) is 24.4 Å². The van der Waals surface area contributed by atoms with Crippen LogP contribution in [0.4, 0.5) is 0 Å². The highest BCUT2D eigenvalue weighted by molar-refractivity contribution is 7.09. The second-order valence-electron chi connectivity index (χ2n) is 5.08. The summed E-state index contributed by atoms with van der Waals surface area (Å²) in [7, 11) is 0. The molecule has 110 valence electrons. The zero-order chi connectivity index (χ0) is 14.8. The highest BCUT2D eigenvalue weighted by atomic mass is 35.5. The fraction of sp³-hybridized carbons (Fsp3) is 0.312. The zero-order valence-electron chi connectivity index (χ0n) is 11.8. The highest BCUT2D eigenvalue weighted by Gasteiger charge is 2.10. The Morgan fingerprint density at radius 1 is 1.38 bits per heavy atom. The van der Waals surface area contributed by atoms with Crippen LogP contribution in [0, 0.1) is 0 Å². The molecule has 1 aromatic carbocycles. The van der Waals surface area contributed by atoms with Crippen molar-refractivity contribution in [1.82, 2.24) is 9.55 Å². The van der Waals surface area contributed by atoms with E-state index >= 15 is 0 Å². The molecule has 0 aliphatic rings. The Morgan fingerprint density at radius 3 is 3.00 bits per heavy atom. The first-order valence-corrected chi connectivity index (χ1v) is 8.28. The van der Waals surface area contributed by atoms with E-state index in [-0.39, 0.29) is 6.61 Å². The van der Waals surface area contributed by atoms with Gasteiger partial charge < -0.3 is 9.67 Å². The SMILES string of the molecule is CCCc1nc(Cn2cc(CO)c3ccc(Cl)cc32)cs1. The van der Waals surface area contributed by atoms with Gasteiger partial charge in [0, 0.05) is 27.5 Å². The van der Waals surface area contributed by atoms with E-state index in [0.717, 1.165) is 35.0 Å². The number of hydrogen-bond donors (Lipinski definition) is 1. The first-order chi connectivity index (χ1) is 10.2. The molecule has 0 bridgehead atoms. The normalized spacial score (nSPS) is 11.4. The number of rotatable bonds is 5. The number of halogens is 1. The maximum atomic E-state index is 9.50. The fourth-order valence-electron chi connectivity index (χ4n) is 2.52. The summed E-state index contributed by atoms with van der Waals surface area (Å²) in [6.45, 7) is 2.90. The van der Waals surface area contributed by atoms with E-state index < -0.39 is 0 Å². The van der Waals surface area contributed by atoms with Gasteiger partial charge in [-0.25, -0.2) is 4.98 Å². The third kappa shape index (κ3) is 2.98.